The molecule has 27 heavy (non-hydrogen) atoms. The van der Waals surface area contributed by atoms with Gasteiger partial charge in [-0.2, -0.15) is 5.26 Å². The lowest BCUT2D eigenvalue weighted by atomic mass is 10.0. The quantitative estimate of drug-likeness (QED) is 0.628. The summed E-state index contributed by atoms with van der Waals surface area (Å²) in [5.41, 5.74) is 0.680. The van der Waals surface area contributed by atoms with Gasteiger partial charge >= 0.3 is 0 Å². The molecule has 2 aromatic carbocycles. The molecule has 140 valence electrons. The lowest BCUT2D eigenvalue weighted by Gasteiger charge is -2.12. The van der Waals surface area contributed by atoms with E-state index < -0.39 is 5.91 Å². The van der Waals surface area contributed by atoms with Crippen LogP contribution in [0, 0.1) is 11.3 Å². The van der Waals surface area contributed by atoms with Crippen LogP contribution in [0.2, 0.25) is 0 Å². The minimum absolute atomic E-state index is 0.0154. The zero-order valence-electron chi connectivity index (χ0n) is 15.5. The monoisotopic (exact) mass is 366 g/mol. The molecule has 1 saturated heterocycles. The van der Waals surface area contributed by atoms with Gasteiger partial charge in [-0.3, -0.25) is 4.79 Å². The summed E-state index contributed by atoms with van der Waals surface area (Å²) in [6, 6.07) is 11.4. The van der Waals surface area contributed by atoms with Crippen LogP contribution in [0.1, 0.15) is 18.4 Å². The van der Waals surface area contributed by atoms with Crippen molar-refractivity contribution in [3.63, 3.8) is 0 Å². The highest BCUT2D eigenvalue weighted by atomic mass is 16.5. The third-order valence-corrected chi connectivity index (χ3v) is 4.62. The lowest BCUT2D eigenvalue weighted by Crippen LogP contribution is -2.32. The third-order valence-electron chi connectivity index (χ3n) is 4.62. The zero-order valence-corrected chi connectivity index (χ0v) is 15.5. The first kappa shape index (κ1) is 18.7. The molecule has 0 radical (unpaired) electrons. The van der Waals surface area contributed by atoms with Crippen molar-refractivity contribution in [3.8, 4) is 17.6 Å². The summed E-state index contributed by atoms with van der Waals surface area (Å²) in [5, 5.41) is 14.1. The van der Waals surface area contributed by atoms with Gasteiger partial charge in [0.15, 0.2) is 0 Å². The minimum atomic E-state index is -0.421. The molecule has 1 N–H and O–H groups in total. The van der Waals surface area contributed by atoms with E-state index in [1.54, 1.807) is 20.3 Å². The highest BCUT2D eigenvalue weighted by Gasteiger charge is 2.18. The molecular formula is C21H22N2O4. The summed E-state index contributed by atoms with van der Waals surface area (Å²) in [6.07, 6.45) is 3.50. The number of hydrogen-bond acceptors (Lipinski definition) is 5. The summed E-state index contributed by atoms with van der Waals surface area (Å²) < 4.78 is 16.3. The second-order valence-electron chi connectivity index (χ2n) is 6.28. The Hall–Kier alpha value is -3.04. The summed E-state index contributed by atoms with van der Waals surface area (Å²) in [6.45, 7) is 1.12. The molecule has 1 amide bonds. The lowest BCUT2D eigenvalue weighted by molar-refractivity contribution is -0.117. The van der Waals surface area contributed by atoms with E-state index in [1.165, 1.54) is 0 Å². The van der Waals surface area contributed by atoms with E-state index in [0.29, 0.717) is 23.6 Å². The second-order valence-corrected chi connectivity index (χ2v) is 6.28. The number of methoxy groups -OCH3 is 2. The van der Waals surface area contributed by atoms with Gasteiger partial charge in [0.1, 0.15) is 23.1 Å². The first-order valence-corrected chi connectivity index (χ1v) is 8.82. The van der Waals surface area contributed by atoms with Gasteiger partial charge < -0.3 is 19.5 Å². The maximum Gasteiger partial charge on any atom is 0.262 e. The van der Waals surface area contributed by atoms with Gasteiger partial charge in [-0.05, 0) is 47.9 Å². The van der Waals surface area contributed by atoms with Crippen LogP contribution >= 0.6 is 0 Å². The third kappa shape index (κ3) is 4.21. The van der Waals surface area contributed by atoms with Crippen molar-refractivity contribution in [2.45, 2.75) is 18.9 Å². The Bertz CT molecular complexity index is 903. The topological polar surface area (TPSA) is 80.6 Å². The van der Waals surface area contributed by atoms with Gasteiger partial charge in [0.05, 0.1) is 20.3 Å². The van der Waals surface area contributed by atoms with Crippen LogP contribution in [0.15, 0.2) is 35.9 Å². The molecule has 1 heterocycles. The average Bonchev–Trinajstić information content (AvgIpc) is 3.23. The number of nitrogens with zero attached hydrogens (tertiary/aromatic N) is 1. The second kappa shape index (κ2) is 8.56. The average molecular weight is 366 g/mol. The van der Waals surface area contributed by atoms with Crippen LogP contribution < -0.4 is 14.8 Å². The number of hydrogen-bond donors (Lipinski definition) is 1. The fourth-order valence-corrected chi connectivity index (χ4v) is 3.16. The Balaban J connectivity index is 1.95. The predicted molar refractivity (Wildman–Crippen MR) is 103 cm³/mol. The number of carbonyl (C=O) groups is 1. The first-order valence-electron chi connectivity index (χ1n) is 8.82. The summed E-state index contributed by atoms with van der Waals surface area (Å²) in [5.74, 6) is 0.845. The molecule has 1 aliphatic heterocycles. The molecule has 6 nitrogen and oxygen atoms in total. The number of ether oxygens (including phenoxy) is 3. The molecule has 1 aliphatic rings. The van der Waals surface area contributed by atoms with E-state index in [9.17, 15) is 10.1 Å². The number of carbonyl (C=O) groups excluding carboxylic acids is 1. The van der Waals surface area contributed by atoms with Crippen LogP contribution in [0.4, 0.5) is 0 Å². The molecule has 1 atom stereocenters. The SMILES string of the molecule is COc1ccc2ccc(OC)c(/C=C(\C#N)C(=O)NC[C@H]3CCCO3)c2c1. The summed E-state index contributed by atoms with van der Waals surface area (Å²) in [7, 11) is 3.15. The fourth-order valence-electron chi connectivity index (χ4n) is 3.16. The predicted octanol–water partition coefficient (Wildman–Crippen LogP) is 3.06. The van der Waals surface area contributed by atoms with Gasteiger partial charge in [-0.15, -0.1) is 0 Å². The largest absolute Gasteiger partial charge is 0.497 e. The van der Waals surface area contributed by atoms with Crippen molar-refractivity contribution >= 4 is 22.8 Å². The Morgan fingerprint density at radius 1 is 1.33 bits per heavy atom. The van der Waals surface area contributed by atoms with E-state index in [1.807, 2.05) is 36.4 Å². The number of benzene rings is 2. The van der Waals surface area contributed by atoms with E-state index >= 15 is 0 Å². The Labute approximate surface area is 158 Å². The molecule has 3 rings (SSSR count). The molecule has 0 unspecified atom stereocenters. The number of amides is 1. The Kier molecular flexibility index (Phi) is 5.94. The van der Waals surface area contributed by atoms with Crippen LogP contribution in [0.5, 0.6) is 11.5 Å². The van der Waals surface area contributed by atoms with Gasteiger partial charge in [-0.25, -0.2) is 0 Å². The van der Waals surface area contributed by atoms with Crippen LogP contribution in [0.3, 0.4) is 0 Å². The molecular weight excluding hydrogens is 344 g/mol. The maximum atomic E-state index is 12.5. The van der Waals surface area contributed by atoms with Crippen molar-refractivity contribution in [1.82, 2.24) is 5.32 Å². The highest BCUT2D eigenvalue weighted by Crippen LogP contribution is 2.32. The number of rotatable bonds is 6. The van der Waals surface area contributed by atoms with Crippen molar-refractivity contribution in [3.05, 3.63) is 41.5 Å². The van der Waals surface area contributed by atoms with Crippen molar-refractivity contribution in [1.29, 1.82) is 5.26 Å². The first-order chi connectivity index (χ1) is 13.2. The molecule has 0 saturated carbocycles. The van der Waals surface area contributed by atoms with E-state index in [2.05, 4.69) is 5.32 Å². The van der Waals surface area contributed by atoms with E-state index in [-0.39, 0.29) is 11.7 Å². The number of nitriles is 1. The molecule has 0 aliphatic carbocycles. The maximum absolute atomic E-state index is 12.5. The molecule has 0 spiro atoms. The fraction of sp³-hybridized carbons (Fsp3) is 0.333. The Morgan fingerprint density at radius 3 is 2.81 bits per heavy atom. The van der Waals surface area contributed by atoms with Crippen molar-refractivity contribution in [2.75, 3.05) is 27.4 Å². The standard InChI is InChI=1S/C21H22N2O4/c1-25-16-7-5-14-6-8-20(26-2)19(18(14)11-16)10-15(12-22)21(24)23-13-17-4-3-9-27-17/h5-8,10-11,17H,3-4,9,13H2,1-2H3,(H,23,24)/b15-10+/t17-/m1/s1. The summed E-state index contributed by atoms with van der Waals surface area (Å²) >= 11 is 0. The van der Waals surface area contributed by atoms with Gasteiger partial charge in [0.2, 0.25) is 0 Å². The summed E-state index contributed by atoms with van der Waals surface area (Å²) in [4.78, 5) is 12.5. The molecule has 0 aromatic heterocycles. The number of fused-ring (bicyclic) bond motifs is 1. The van der Waals surface area contributed by atoms with Gasteiger partial charge in [0.25, 0.3) is 5.91 Å². The minimum Gasteiger partial charge on any atom is -0.497 e. The van der Waals surface area contributed by atoms with Crippen LogP contribution in [0.25, 0.3) is 16.8 Å². The molecule has 2 aromatic rings. The van der Waals surface area contributed by atoms with E-state index in [4.69, 9.17) is 14.2 Å². The normalized spacial score (nSPS) is 16.8. The molecule has 6 heteroatoms. The van der Waals surface area contributed by atoms with Crippen molar-refractivity contribution in [2.24, 2.45) is 0 Å². The number of nitrogens with one attached hydrogen (secondary N) is 1. The van der Waals surface area contributed by atoms with Gasteiger partial charge in [-0.1, -0.05) is 12.1 Å². The van der Waals surface area contributed by atoms with Crippen LogP contribution in [-0.2, 0) is 9.53 Å². The van der Waals surface area contributed by atoms with Crippen LogP contribution in [-0.4, -0.2) is 39.4 Å². The molecule has 1 fully saturated rings. The Morgan fingerprint density at radius 2 is 2.15 bits per heavy atom. The zero-order chi connectivity index (χ0) is 19.2. The van der Waals surface area contributed by atoms with E-state index in [0.717, 1.165) is 30.2 Å². The van der Waals surface area contributed by atoms with Gasteiger partial charge in [0, 0.05) is 18.7 Å². The highest BCUT2D eigenvalue weighted by molar-refractivity contribution is 6.05. The van der Waals surface area contributed by atoms with Crippen molar-refractivity contribution < 1.29 is 19.0 Å². The molecule has 0 bridgehead atoms. The smallest absolute Gasteiger partial charge is 0.262 e.